The summed E-state index contributed by atoms with van der Waals surface area (Å²) >= 11 is 7.67. The maximum absolute atomic E-state index is 13.0. The largest absolute Gasteiger partial charge is 0.333 e. The SMILES string of the molecule is Cn1c(SCC(=O)N(Cc2ccccc2)C(C)(C)C)nnc1-c1ccccc1Cl. The fourth-order valence-electron chi connectivity index (χ4n) is 2.99. The Morgan fingerprint density at radius 3 is 2.38 bits per heavy atom. The summed E-state index contributed by atoms with van der Waals surface area (Å²) in [6.45, 7) is 6.73. The van der Waals surface area contributed by atoms with E-state index in [4.69, 9.17) is 11.6 Å². The molecule has 0 aliphatic heterocycles. The lowest BCUT2D eigenvalue weighted by molar-refractivity contribution is -0.133. The lowest BCUT2D eigenvalue weighted by Gasteiger charge is -2.36. The van der Waals surface area contributed by atoms with Crippen LogP contribution < -0.4 is 0 Å². The van der Waals surface area contributed by atoms with Gasteiger partial charge in [-0.3, -0.25) is 4.79 Å². The Kier molecular flexibility index (Phi) is 6.65. The van der Waals surface area contributed by atoms with Crippen LogP contribution >= 0.6 is 23.4 Å². The van der Waals surface area contributed by atoms with Crippen LogP contribution in [0, 0.1) is 0 Å². The second kappa shape index (κ2) is 9.01. The molecule has 0 unspecified atom stereocenters. The number of carbonyl (C=O) groups is 1. The van der Waals surface area contributed by atoms with Crippen LogP contribution in [0.3, 0.4) is 0 Å². The van der Waals surface area contributed by atoms with Gasteiger partial charge >= 0.3 is 0 Å². The lowest BCUT2D eigenvalue weighted by Crippen LogP contribution is -2.45. The average molecular weight is 429 g/mol. The minimum Gasteiger partial charge on any atom is -0.333 e. The maximum atomic E-state index is 13.0. The van der Waals surface area contributed by atoms with Crippen molar-refractivity contribution in [3.8, 4) is 11.4 Å². The van der Waals surface area contributed by atoms with E-state index in [0.29, 0.717) is 28.3 Å². The van der Waals surface area contributed by atoms with Gasteiger partial charge in [-0.05, 0) is 38.5 Å². The highest BCUT2D eigenvalue weighted by Crippen LogP contribution is 2.29. The van der Waals surface area contributed by atoms with Gasteiger partial charge in [-0.25, -0.2) is 0 Å². The van der Waals surface area contributed by atoms with Crippen molar-refractivity contribution in [1.82, 2.24) is 19.7 Å². The van der Waals surface area contributed by atoms with E-state index in [1.165, 1.54) is 11.8 Å². The summed E-state index contributed by atoms with van der Waals surface area (Å²) in [5.74, 6) is 1.04. The molecule has 5 nitrogen and oxygen atoms in total. The Hall–Kier alpha value is -2.31. The molecule has 1 aromatic heterocycles. The quantitative estimate of drug-likeness (QED) is 0.515. The summed E-state index contributed by atoms with van der Waals surface area (Å²) in [5, 5.41) is 9.83. The predicted octanol–water partition coefficient (Wildman–Crippen LogP) is 5.05. The summed E-state index contributed by atoms with van der Waals surface area (Å²) in [6.07, 6.45) is 0. The zero-order chi connectivity index (χ0) is 21.0. The molecule has 0 saturated heterocycles. The molecule has 0 bridgehead atoms. The molecule has 3 rings (SSSR count). The first-order valence-corrected chi connectivity index (χ1v) is 10.7. The fourth-order valence-corrected chi connectivity index (χ4v) is 3.99. The molecule has 0 N–H and O–H groups in total. The van der Waals surface area contributed by atoms with E-state index in [1.807, 2.05) is 71.1 Å². The summed E-state index contributed by atoms with van der Waals surface area (Å²) < 4.78 is 1.87. The van der Waals surface area contributed by atoms with Gasteiger partial charge in [0.25, 0.3) is 0 Å². The molecule has 0 radical (unpaired) electrons. The first kappa shape index (κ1) is 21.4. The third kappa shape index (κ3) is 5.19. The van der Waals surface area contributed by atoms with E-state index in [0.717, 1.165) is 11.1 Å². The normalized spacial score (nSPS) is 11.5. The van der Waals surface area contributed by atoms with Crippen molar-refractivity contribution in [3.05, 3.63) is 65.2 Å². The Morgan fingerprint density at radius 1 is 1.07 bits per heavy atom. The standard InChI is InChI=1S/C22H25ClN4OS/c1-22(2,3)27(14-16-10-6-5-7-11-16)19(28)15-29-21-25-24-20(26(21)4)17-12-8-9-13-18(17)23/h5-13H,14-15H2,1-4H3. The maximum Gasteiger partial charge on any atom is 0.233 e. The second-order valence-electron chi connectivity index (χ2n) is 7.77. The average Bonchev–Trinajstić information content (AvgIpc) is 3.05. The van der Waals surface area contributed by atoms with Gasteiger partial charge in [0.2, 0.25) is 5.91 Å². The predicted molar refractivity (Wildman–Crippen MR) is 119 cm³/mol. The smallest absolute Gasteiger partial charge is 0.233 e. The number of benzene rings is 2. The number of nitrogens with zero attached hydrogens (tertiary/aromatic N) is 4. The summed E-state index contributed by atoms with van der Waals surface area (Å²) in [7, 11) is 1.89. The van der Waals surface area contributed by atoms with E-state index in [2.05, 4.69) is 31.0 Å². The molecule has 0 atom stereocenters. The van der Waals surface area contributed by atoms with Crippen molar-refractivity contribution in [2.24, 2.45) is 7.05 Å². The highest BCUT2D eigenvalue weighted by atomic mass is 35.5. The third-order valence-electron chi connectivity index (χ3n) is 4.57. The molecule has 3 aromatic rings. The Bertz CT molecular complexity index is 982. The van der Waals surface area contributed by atoms with Crippen LogP contribution in [0.25, 0.3) is 11.4 Å². The van der Waals surface area contributed by atoms with Gasteiger partial charge in [-0.2, -0.15) is 0 Å². The van der Waals surface area contributed by atoms with Crippen LogP contribution in [-0.4, -0.2) is 36.9 Å². The molecular weight excluding hydrogens is 404 g/mol. The van der Waals surface area contributed by atoms with Crippen LogP contribution in [0.15, 0.2) is 59.8 Å². The molecule has 29 heavy (non-hydrogen) atoms. The number of hydrogen-bond donors (Lipinski definition) is 0. The monoisotopic (exact) mass is 428 g/mol. The van der Waals surface area contributed by atoms with Gasteiger partial charge in [0.05, 0.1) is 10.8 Å². The molecule has 0 aliphatic rings. The van der Waals surface area contributed by atoms with Crippen molar-refractivity contribution in [1.29, 1.82) is 0 Å². The molecule has 152 valence electrons. The minimum absolute atomic E-state index is 0.0636. The zero-order valence-corrected chi connectivity index (χ0v) is 18.7. The van der Waals surface area contributed by atoms with Crippen LogP contribution in [0.2, 0.25) is 5.02 Å². The van der Waals surface area contributed by atoms with Gasteiger partial charge in [0, 0.05) is 24.7 Å². The molecule has 1 heterocycles. The lowest BCUT2D eigenvalue weighted by atomic mass is 10.0. The van der Waals surface area contributed by atoms with E-state index in [9.17, 15) is 4.79 Å². The van der Waals surface area contributed by atoms with Crippen molar-refractivity contribution in [2.75, 3.05) is 5.75 Å². The van der Waals surface area contributed by atoms with Crippen molar-refractivity contribution in [3.63, 3.8) is 0 Å². The second-order valence-corrected chi connectivity index (χ2v) is 9.12. The summed E-state index contributed by atoms with van der Waals surface area (Å²) in [6, 6.07) is 17.6. The summed E-state index contributed by atoms with van der Waals surface area (Å²) in [4.78, 5) is 14.9. The number of amides is 1. The summed E-state index contributed by atoms with van der Waals surface area (Å²) in [5.41, 5.74) is 1.65. The van der Waals surface area contributed by atoms with Gasteiger partial charge < -0.3 is 9.47 Å². The topological polar surface area (TPSA) is 51.0 Å². The molecule has 0 fully saturated rings. The molecule has 7 heteroatoms. The Balaban J connectivity index is 1.73. The van der Waals surface area contributed by atoms with Crippen LogP contribution in [-0.2, 0) is 18.4 Å². The van der Waals surface area contributed by atoms with E-state index in [1.54, 1.807) is 0 Å². The first-order chi connectivity index (χ1) is 13.8. The van der Waals surface area contributed by atoms with Crippen LogP contribution in [0.1, 0.15) is 26.3 Å². The number of rotatable bonds is 6. The van der Waals surface area contributed by atoms with Gasteiger partial charge in [-0.1, -0.05) is 65.8 Å². The van der Waals surface area contributed by atoms with Crippen LogP contribution in [0.4, 0.5) is 0 Å². The third-order valence-corrected chi connectivity index (χ3v) is 5.90. The van der Waals surface area contributed by atoms with Crippen molar-refractivity contribution >= 4 is 29.3 Å². The molecule has 0 aliphatic carbocycles. The zero-order valence-electron chi connectivity index (χ0n) is 17.1. The number of halogens is 1. The van der Waals surface area contributed by atoms with E-state index in [-0.39, 0.29) is 11.4 Å². The number of thioether (sulfide) groups is 1. The van der Waals surface area contributed by atoms with Gasteiger partial charge in [-0.15, -0.1) is 10.2 Å². The highest BCUT2D eigenvalue weighted by Gasteiger charge is 2.27. The number of hydrogen-bond acceptors (Lipinski definition) is 4. The van der Waals surface area contributed by atoms with Crippen LogP contribution in [0.5, 0.6) is 0 Å². The molecule has 1 amide bonds. The Morgan fingerprint density at radius 2 is 1.72 bits per heavy atom. The van der Waals surface area contributed by atoms with Gasteiger partial charge in [0.15, 0.2) is 11.0 Å². The Labute approximate surface area is 181 Å². The highest BCUT2D eigenvalue weighted by molar-refractivity contribution is 7.99. The molecule has 2 aromatic carbocycles. The van der Waals surface area contributed by atoms with E-state index >= 15 is 0 Å². The molecule has 0 saturated carbocycles. The van der Waals surface area contributed by atoms with Gasteiger partial charge in [0.1, 0.15) is 0 Å². The van der Waals surface area contributed by atoms with E-state index < -0.39 is 0 Å². The molecule has 0 spiro atoms. The first-order valence-electron chi connectivity index (χ1n) is 9.39. The fraction of sp³-hybridized carbons (Fsp3) is 0.318. The van der Waals surface area contributed by atoms with Crippen molar-refractivity contribution in [2.45, 2.75) is 38.0 Å². The molecular formula is C22H25ClN4OS. The number of carbonyl (C=O) groups excluding carboxylic acids is 1. The van der Waals surface area contributed by atoms with Crippen molar-refractivity contribution < 1.29 is 4.79 Å². The number of aromatic nitrogens is 3. The minimum atomic E-state index is -0.282.